The van der Waals surface area contributed by atoms with E-state index in [0.29, 0.717) is 27.1 Å². The molecule has 3 heterocycles. The van der Waals surface area contributed by atoms with Crippen molar-refractivity contribution in [3.05, 3.63) is 46.5 Å². The summed E-state index contributed by atoms with van der Waals surface area (Å²) in [5.74, 6) is -0.382. The summed E-state index contributed by atoms with van der Waals surface area (Å²) in [5, 5.41) is 0. The third-order valence-electron chi connectivity index (χ3n) is 3.35. The van der Waals surface area contributed by atoms with Crippen LogP contribution in [0.15, 0.2) is 29.2 Å². The fourth-order valence-corrected chi connectivity index (χ4v) is 3.27. The first-order valence-electron chi connectivity index (χ1n) is 7.09. The van der Waals surface area contributed by atoms with Gasteiger partial charge in [0.15, 0.2) is 11.9 Å². The molecule has 0 saturated carbocycles. The first-order valence-corrected chi connectivity index (χ1v) is 7.91. The number of nitrogens with one attached hydrogen (secondary N) is 1. The van der Waals surface area contributed by atoms with Crippen LogP contribution in [0.5, 0.6) is 0 Å². The molecule has 24 heavy (non-hydrogen) atoms. The Kier molecular flexibility index (Phi) is 4.26. The maximum Gasteiger partial charge on any atom is 0.405 e. The Hall–Kier alpha value is -2.81. The van der Waals surface area contributed by atoms with Gasteiger partial charge < -0.3 is 15.5 Å². The number of carbonyl (C=O) groups is 1. The van der Waals surface area contributed by atoms with E-state index < -0.39 is 18.1 Å². The van der Waals surface area contributed by atoms with Gasteiger partial charge in [0, 0.05) is 17.1 Å². The molecule has 1 amide bonds. The van der Waals surface area contributed by atoms with Gasteiger partial charge in [-0.15, -0.1) is 11.3 Å². The Labute approximate surface area is 139 Å². The zero-order valence-corrected chi connectivity index (χ0v) is 13.4. The van der Waals surface area contributed by atoms with Crippen LogP contribution in [0.25, 0.3) is 20.7 Å². The number of nitrogens with two attached hydrogens (primary N) is 1. The molecule has 0 spiro atoms. The van der Waals surface area contributed by atoms with Crippen LogP contribution in [0.4, 0.5) is 9.18 Å². The molecule has 0 unspecified atom stereocenters. The molecular weight excluding hydrogens is 335 g/mol. The molecule has 0 aromatic carbocycles. The van der Waals surface area contributed by atoms with E-state index in [2.05, 4.69) is 15.0 Å². The second kappa shape index (κ2) is 6.36. The number of hydrogen-bond acceptors (Lipinski definition) is 6. The summed E-state index contributed by atoms with van der Waals surface area (Å²) in [6.07, 6.45) is 0.0831. The van der Waals surface area contributed by atoms with Gasteiger partial charge in [-0.25, -0.2) is 14.8 Å². The van der Waals surface area contributed by atoms with Crippen molar-refractivity contribution in [2.24, 2.45) is 5.73 Å². The third-order valence-corrected chi connectivity index (χ3v) is 4.52. The first-order chi connectivity index (χ1) is 11.5. The number of halogens is 1. The number of rotatable bonds is 4. The fourth-order valence-electron chi connectivity index (χ4n) is 2.28. The summed E-state index contributed by atoms with van der Waals surface area (Å²) in [7, 11) is 0. The number of nitrogens with zero attached hydrogens (tertiary/aromatic N) is 2. The molecule has 7 nitrogen and oxygen atoms in total. The molecule has 3 rings (SSSR count). The Morgan fingerprint density at radius 3 is 2.96 bits per heavy atom. The first kappa shape index (κ1) is 16.1. The quantitative estimate of drug-likeness (QED) is 0.704. The van der Waals surface area contributed by atoms with E-state index in [4.69, 9.17) is 10.5 Å². The Balaban J connectivity index is 2.08. The minimum absolute atomic E-state index is 0.221. The van der Waals surface area contributed by atoms with E-state index >= 15 is 0 Å². The van der Waals surface area contributed by atoms with Crippen molar-refractivity contribution in [1.82, 2.24) is 15.0 Å². The number of amides is 1. The van der Waals surface area contributed by atoms with Crippen LogP contribution in [0.2, 0.25) is 0 Å². The lowest BCUT2D eigenvalue weighted by atomic mass is 10.2. The lowest BCUT2D eigenvalue weighted by Crippen LogP contribution is -2.21. The van der Waals surface area contributed by atoms with Gasteiger partial charge in [0.1, 0.15) is 4.70 Å². The number of fused-ring (bicyclic) bond motifs is 1. The van der Waals surface area contributed by atoms with Crippen LogP contribution in [0.3, 0.4) is 0 Å². The predicted molar refractivity (Wildman–Crippen MR) is 87.1 cm³/mol. The number of carbonyl (C=O) groups excluding carboxylic acids is 1. The summed E-state index contributed by atoms with van der Waals surface area (Å²) in [5.41, 5.74) is 5.72. The highest BCUT2D eigenvalue weighted by atomic mass is 32.1. The zero-order chi connectivity index (χ0) is 17.3. The lowest BCUT2D eigenvalue weighted by molar-refractivity contribution is 0.0991. The lowest BCUT2D eigenvalue weighted by Gasteiger charge is -2.13. The van der Waals surface area contributed by atoms with E-state index in [1.165, 1.54) is 23.6 Å². The SMILES string of the molecule is CC[C@H](OC(N)=O)c1nc2cc(-c3ccnc(F)c3)sc2c(=O)[nH]1. The molecule has 0 bridgehead atoms. The zero-order valence-electron chi connectivity index (χ0n) is 12.6. The van der Waals surface area contributed by atoms with Crippen molar-refractivity contribution < 1.29 is 13.9 Å². The van der Waals surface area contributed by atoms with Gasteiger partial charge in [-0.1, -0.05) is 6.92 Å². The van der Waals surface area contributed by atoms with Gasteiger partial charge in [-0.2, -0.15) is 4.39 Å². The molecule has 0 radical (unpaired) electrons. The second-order valence-electron chi connectivity index (χ2n) is 4.98. The number of hydrogen-bond donors (Lipinski definition) is 2. The number of aromatic nitrogens is 3. The number of ether oxygens (including phenoxy) is 1. The summed E-state index contributed by atoms with van der Waals surface area (Å²) < 4.78 is 18.6. The maximum absolute atomic E-state index is 13.3. The van der Waals surface area contributed by atoms with E-state index in [9.17, 15) is 14.0 Å². The highest BCUT2D eigenvalue weighted by Gasteiger charge is 2.18. The Bertz CT molecular complexity index is 969. The van der Waals surface area contributed by atoms with Gasteiger partial charge in [-0.3, -0.25) is 4.79 Å². The van der Waals surface area contributed by atoms with Gasteiger partial charge in [0.2, 0.25) is 5.95 Å². The molecule has 0 saturated heterocycles. The molecule has 0 fully saturated rings. The molecule has 0 aliphatic carbocycles. The topological polar surface area (TPSA) is 111 Å². The molecular formula is C15H13FN4O3S. The molecule has 0 aliphatic heterocycles. The second-order valence-corrected chi connectivity index (χ2v) is 6.03. The van der Waals surface area contributed by atoms with Crippen LogP contribution < -0.4 is 11.3 Å². The van der Waals surface area contributed by atoms with Crippen molar-refractivity contribution in [3.63, 3.8) is 0 Å². The van der Waals surface area contributed by atoms with Crippen LogP contribution in [0, 0.1) is 5.95 Å². The average molecular weight is 348 g/mol. The molecule has 124 valence electrons. The molecule has 3 aromatic heterocycles. The summed E-state index contributed by atoms with van der Waals surface area (Å²) in [6, 6.07) is 4.61. The largest absolute Gasteiger partial charge is 0.438 e. The maximum atomic E-state index is 13.3. The smallest absolute Gasteiger partial charge is 0.405 e. The van der Waals surface area contributed by atoms with E-state index in [1.54, 1.807) is 19.1 Å². The highest BCUT2D eigenvalue weighted by Crippen LogP contribution is 2.31. The van der Waals surface area contributed by atoms with E-state index in [1.807, 2.05) is 0 Å². The molecule has 3 N–H and O–H groups in total. The number of aromatic amines is 1. The normalized spacial score (nSPS) is 12.2. The average Bonchev–Trinajstić information content (AvgIpc) is 2.97. The highest BCUT2D eigenvalue weighted by molar-refractivity contribution is 7.22. The van der Waals surface area contributed by atoms with Crippen molar-refractivity contribution in [3.8, 4) is 10.4 Å². The Morgan fingerprint density at radius 1 is 1.50 bits per heavy atom. The predicted octanol–water partition coefficient (Wildman–Crippen LogP) is 2.73. The molecule has 1 atom stereocenters. The van der Waals surface area contributed by atoms with Crippen LogP contribution in [-0.2, 0) is 4.74 Å². The van der Waals surface area contributed by atoms with E-state index in [0.717, 1.165) is 0 Å². The van der Waals surface area contributed by atoms with Crippen molar-refractivity contribution in [1.29, 1.82) is 0 Å². The van der Waals surface area contributed by atoms with Gasteiger partial charge in [0.05, 0.1) is 5.52 Å². The molecule has 0 aliphatic rings. The number of H-pyrrole nitrogens is 1. The summed E-state index contributed by atoms with van der Waals surface area (Å²) in [4.78, 5) is 34.4. The summed E-state index contributed by atoms with van der Waals surface area (Å²) in [6.45, 7) is 1.77. The summed E-state index contributed by atoms with van der Waals surface area (Å²) >= 11 is 1.19. The van der Waals surface area contributed by atoms with Crippen LogP contribution >= 0.6 is 11.3 Å². The fraction of sp³-hybridized carbons (Fsp3) is 0.200. The molecule has 9 heteroatoms. The number of primary amides is 1. The van der Waals surface area contributed by atoms with Crippen LogP contribution in [-0.4, -0.2) is 21.0 Å². The van der Waals surface area contributed by atoms with Crippen molar-refractivity contribution >= 4 is 27.6 Å². The number of pyridine rings is 1. The Morgan fingerprint density at radius 2 is 2.29 bits per heavy atom. The number of thiophene rings is 1. The van der Waals surface area contributed by atoms with Crippen molar-refractivity contribution in [2.45, 2.75) is 19.4 Å². The van der Waals surface area contributed by atoms with E-state index in [-0.39, 0.29) is 11.4 Å². The molecule has 3 aromatic rings. The standard InChI is InChI=1S/C15H13FN4O3S/c1-2-9(23-15(17)22)13-19-8-6-10(24-12(8)14(21)20-13)7-3-4-18-11(16)5-7/h3-6,9H,2H2,1H3,(H2,17,22)(H,19,20,21)/t9-/m0/s1. The minimum atomic E-state index is -0.942. The monoisotopic (exact) mass is 348 g/mol. The minimum Gasteiger partial charge on any atom is -0.438 e. The van der Waals surface area contributed by atoms with Crippen LogP contribution in [0.1, 0.15) is 25.3 Å². The van der Waals surface area contributed by atoms with Crippen molar-refractivity contribution in [2.75, 3.05) is 0 Å². The third kappa shape index (κ3) is 3.11. The van der Waals surface area contributed by atoms with Gasteiger partial charge >= 0.3 is 6.09 Å². The van der Waals surface area contributed by atoms with Gasteiger partial charge in [-0.05, 0) is 24.1 Å². The van der Waals surface area contributed by atoms with Gasteiger partial charge in [0.25, 0.3) is 5.56 Å².